The van der Waals surface area contributed by atoms with Gasteiger partial charge in [-0.25, -0.2) is 9.59 Å². The zero-order valence-corrected chi connectivity index (χ0v) is 15.7. The number of carbonyl (C=O) groups excluding carboxylic acids is 2. The fraction of sp³-hybridized carbons (Fsp3) is 0.222. The molecule has 10 heteroatoms. The van der Waals surface area contributed by atoms with E-state index in [1.165, 1.54) is 0 Å². The third-order valence-electron chi connectivity index (χ3n) is 3.31. The highest BCUT2D eigenvalue weighted by Gasteiger charge is 2.36. The first-order valence-electron chi connectivity index (χ1n) is 8.19. The highest BCUT2D eigenvalue weighted by molar-refractivity contribution is 7.33. The van der Waals surface area contributed by atoms with Gasteiger partial charge >= 0.3 is 20.2 Å². The van der Waals surface area contributed by atoms with Crippen molar-refractivity contribution < 1.29 is 32.7 Å². The largest absolute Gasteiger partial charge is 0.701 e. The molecule has 0 heterocycles. The summed E-state index contributed by atoms with van der Waals surface area (Å²) in [4.78, 5) is 23.5. The molecule has 0 bridgehead atoms. The molecule has 0 amide bonds. The van der Waals surface area contributed by atoms with Crippen LogP contribution in [0.15, 0.2) is 60.7 Å². The number of ether oxygens (including phenoxy) is 2. The van der Waals surface area contributed by atoms with Gasteiger partial charge in [0.2, 0.25) is 0 Å². The van der Waals surface area contributed by atoms with Crippen LogP contribution in [0.25, 0.3) is 0 Å². The average molecular weight is 407 g/mol. The number of hydrogen-bond donors (Lipinski definition) is 2. The molecule has 148 valence electrons. The van der Waals surface area contributed by atoms with E-state index >= 15 is 0 Å². The lowest BCUT2D eigenvalue weighted by atomic mass is 10.2. The normalized spacial score (nSPS) is 13.3. The molecule has 4 N–H and O–H groups in total. The van der Waals surface area contributed by atoms with Crippen molar-refractivity contribution in [3.8, 4) is 0 Å². The zero-order valence-electron chi connectivity index (χ0n) is 14.8. The smallest absolute Gasteiger partial charge is 0.458 e. The highest BCUT2D eigenvalue weighted by Crippen LogP contribution is 2.26. The molecule has 0 spiro atoms. The summed E-state index contributed by atoms with van der Waals surface area (Å²) in [7, 11) is -2.96. The molecule has 0 saturated carbocycles. The Bertz CT molecular complexity index is 724. The maximum Gasteiger partial charge on any atom is 0.701 e. The predicted molar refractivity (Wildman–Crippen MR) is 98.2 cm³/mol. The molecule has 2 unspecified atom stereocenters. The van der Waals surface area contributed by atoms with Gasteiger partial charge < -0.3 is 9.47 Å². The highest BCUT2D eigenvalue weighted by atomic mass is 31.1. The molecular weight excluding hydrogens is 387 g/mol. The second kappa shape index (κ2) is 11.2. The van der Waals surface area contributed by atoms with Crippen LogP contribution in [0.2, 0.25) is 0 Å². The standard InChI is InChI=1S/C18H20N2O7P/c19-15(17(21)24-11-13-7-3-1-4-8-13)26-28(23)27-16(20)18(22)25-12-14-9-5-2-6-10-14/h1-10,15-16H,11-12,19-20H2/q+1. The second-order valence-electron chi connectivity index (χ2n) is 5.46. The number of esters is 2. The van der Waals surface area contributed by atoms with Gasteiger partial charge in [-0.2, -0.15) is 0 Å². The van der Waals surface area contributed by atoms with Gasteiger partial charge in [0.15, 0.2) is 0 Å². The van der Waals surface area contributed by atoms with Crippen LogP contribution in [0.5, 0.6) is 0 Å². The number of rotatable bonds is 10. The van der Waals surface area contributed by atoms with E-state index in [4.69, 9.17) is 20.9 Å². The molecule has 28 heavy (non-hydrogen) atoms. The minimum atomic E-state index is -2.96. The summed E-state index contributed by atoms with van der Waals surface area (Å²) < 4.78 is 31.0. The van der Waals surface area contributed by atoms with Crippen LogP contribution in [0.3, 0.4) is 0 Å². The van der Waals surface area contributed by atoms with E-state index in [0.717, 1.165) is 11.1 Å². The summed E-state index contributed by atoms with van der Waals surface area (Å²) in [6.07, 6.45) is -3.33. The van der Waals surface area contributed by atoms with Crippen LogP contribution >= 0.6 is 8.25 Å². The van der Waals surface area contributed by atoms with Crippen LogP contribution in [0.1, 0.15) is 11.1 Å². The van der Waals surface area contributed by atoms with Crippen LogP contribution in [0.4, 0.5) is 0 Å². The zero-order chi connectivity index (χ0) is 20.4. The van der Waals surface area contributed by atoms with E-state index in [2.05, 4.69) is 9.05 Å². The summed E-state index contributed by atoms with van der Waals surface area (Å²) in [6, 6.07) is 17.8. The van der Waals surface area contributed by atoms with Crippen LogP contribution < -0.4 is 11.5 Å². The summed E-state index contributed by atoms with van der Waals surface area (Å²) >= 11 is 0. The Balaban J connectivity index is 1.70. The molecule has 0 aliphatic carbocycles. The molecular formula is C18H20N2O7P+. The molecule has 0 aliphatic heterocycles. The topological polar surface area (TPSA) is 140 Å². The molecule has 2 aromatic carbocycles. The molecule has 0 fully saturated rings. The third-order valence-corrected chi connectivity index (χ3v) is 4.11. The number of hydrogen-bond acceptors (Lipinski definition) is 9. The monoisotopic (exact) mass is 407 g/mol. The van der Waals surface area contributed by atoms with Crippen LogP contribution in [-0.4, -0.2) is 24.4 Å². The van der Waals surface area contributed by atoms with Crippen LogP contribution in [-0.2, 0) is 45.9 Å². The van der Waals surface area contributed by atoms with Crippen molar-refractivity contribution >= 4 is 20.2 Å². The summed E-state index contributed by atoms with van der Waals surface area (Å²) in [5.41, 5.74) is 12.4. The van der Waals surface area contributed by atoms with Crippen molar-refractivity contribution in [2.45, 2.75) is 25.7 Å². The Morgan fingerprint density at radius 2 is 1.11 bits per heavy atom. The van der Waals surface area contributed by atoms with Crippen molar-refractivity contribution in [1.29, 1.82) is 0 Å². The Morgan fingerprint density at radius 3 is 1.46 bits per heavy atom. The SMILES string of the molecule is NC(O[P+](=O)OC(N)C(=O)OCc1ccccc1)C(=O)OCc1ccccc1. The number of nitrogens with two attached hydrogens (primary N) is 2. The van der Waals surface area contributed by atoms with Gasteiger partial charge in [0.25, 0.3) is 12.5 Å². The van der Waals surface area contributed by atoms with Crippen LogP contribution in [0, 0.1) is 0 Å². The van der Waals surface area contributed by atoms with Gasteiger partial charge in [0, 0.05) is 4.57 Å². The Labute approximate surface area is 162 Å². The lowest BCUT2D eigenvalue weighted by molar-refractivity contribution is -0.154. The summed E-state index contributed by atoms with van der Waals surface area (Å²) in [6.45, 7) is -0.0562. The third kappa shape index (κ3) is 7.51. The van der Waals surface area contributed by atoms with Gasteiger partial charge in [-0.15, -0.1) is 0 Å². The number of benzene rings is 2. The Morgan fingerprint density at radius 1 is 0.750 bits per heavy atom. The fourth-order valence-electron chi connectivity index (χ4n) is 1.92. The van der Waals surface area contributed by atoms with Gasteiger partial charge in [-0.1, -0.05) is 69.7 Å². The lowest BCUT2D eigenvalue weighted by Crippen LogP contribution is -2.36. The number of carbonyl (C=O) groups is 2. The van der Waals surface area contributed by atoms with Crippen molar-refractivity contribution in [1.82, 2.24) is 0 Å². The first-order valence-corrected chi connectivity index (χ1v) is 9.28. The molecule has 0 aliphatic rings. The van der Waals surface area contributed by atoms with E-state index in [-0.39, 0.29) is 13.2 Å². The van der Waals surface area contributed by atoms with E-state index in [1.54, 1.807) is 48.5 Å². The minimum absolute atomic E-state index is 0.0281. The van der Waals surface area contributed by atoms with Crippen molar-refractivity contribution in [3.63, 3.8) is 0 Å². The molecule has 9 nitrogen and oxygen atoms in total. The van der Waals surface area contributed by atoms with E-state index < -0.39 is 32.6 Å². The van der Waals surface area contributed by atoms with Gasteiger partial charge in [-0.05, 0) is 11.1 Å². The van der Waals surface area contributed by atoms with Crippen molar-refractivity contribution in [2.75, 3.05) is 0 Å². The molecule has 2 aromatic rings. The summed E-state index contributed by atoms with van der Waals surface area (Å²) in [5.74, 6) is -1.90. The van der Waals surface area contributed by atoms with Gasteiger partial charge in [0.1, 0.15) is 13.2 Å². The Hall–Kier alpha value is -2.68. The first kappa shape index (κ1) is 21.6. The van der Waals surface area contributed by atoms with E-state index in [1.807, 2.05) is 12.1 Å². The van der Waals surface area contributed by atoms with Crippen molar-refractivity contribution in [2.24, 2.45) is 11.5 Å². The molecule has 2 atom stereocenters. The molecule has 0 aromatic heterocycles. The second-order valence-corrected chi connectivity index (χ2v) is 6.33. The lowest BCUT2D eigenvalue weighted by Gasteiger charge is -2.08. The predicted octanol–water partition coefficient (Wildman–Crippen LogP) is 1.73. The van der Waals surface area contributed by atoms with Crippen molar-refractivity contribution in [3.05, 3.63) is 71.8 Å². The molecule has 0 saturated heterocycles. The average Bonchev–Trinajstić information content (AvgIpc) is 2.71. The van der Waals surface area contributed by atoms with Gasteiger partial charge in [-0.3, -0.25) is 11.5 Å². The fourth-order valence-corrected chi connectivity index (χ4v) is 2.51. The van der Waals surface area contributed by atoms with Gasteiger partial charge in [0.05, 0.1) is 0 Å². The Kier molecular flexibility index (Phi) is 8.67. The maximum absolute atomic E-state index is 11.8. The summed E-state index contributed by atoms with van der Waals surface area (Å²) in [5, 5.41) is 0. The van der Waals surface area contributed by atoms with E-state index in [0.29, 0.717) is 0 Å². The molecule has 2 rings (SSSR count). The van der Waals surface area contributed by atoms with E-state index in [9.17, 15) is 14.2 Å². The first-order chi connectivity index (χ1) is 13.5. The quantitative estimate of drug-likeness (QED) is 0.342. The maximum atomic E-state index is 11.8. The minimum Gasteiger partial charge on any atom is -0.458 e. The molecule has 0 radical (unpaired) electrons.